The number of nitrogens with zero attached hydrogens (tertiary/aromatic N) is 1. The van der Waals surface area contributed by atoms with E-state index in [4.69, 9.17) is 35.5 Å². The van der Waals surface area contributed by atoms with Crippen LogP contribution in [0.1, 0.15) is 71.0 Å². The topological polar surface area (TPSA) is 38.8 Å². The minimum absolute atomic E-state index is 0.122. The van der Waals surface area contributed by atoms with E-state index in [-0.39, 0.29) is 10.5 Å². The van der Waals surface area contributed by atoms with Crippen LogP contribution < -0.4 is 9.47 Å². The number of Topliss-reactive ketones (excluding diaryl/α,β-unsaturated/α-hetero) is 1. The second-order valence-corrected chi connectivity index (χ2v) is 4.76. The minimum Gasteiger partial charge on any atom is -0.493 e. The lowest BCUT2D eigenvalue weighted by atomic mass is 9.80. The second-order valence-electron chi connectivity index (χ2n) is 4.76. The number of piperidine rings is 1. The highest BCUT2D eigenvalue weighted by atomic mass is 16.5. The van der Waals surface area contributed by atoms with E-state index < -0.39 is 106 Å². The van der Waals surface area contributed by atoms with Gasteiger partial charge in [-0.15, -0.1) is 0 Å². The average Bonchev–Trinajstić information content (AvgIpc) is 2.82. The number of hydrogen-bond acceptors (Lipinski definition) is 4. The fourth-order valence-electron chi connectivity index (χ4n) is 2.38. The van der Waals surface area contributed by atoms with Crippen molar-refractivity contribution in [2.75, 3.05) is 27.2 Å². The van der Waals surface area contributed by atoms with Crippen LogP contribution in [0.3, 0.4) is 0 Å². The second kappa shape index (κ2) is 6.52. The Morgan fingerprint density at radius 1 is 1.57 bits per heavy atom. The van der Waals surface area contributed by atoms with Gasteiger partial charge in [-0.25, -0.2) is 0 Å². The van der Waals surface area contributed by atoms with Crippen molar-refractivity contribution in [3.8, 4) is 11.5 Å². The third-order valence-corrected chi connectivity index (χ3v) is 3.37. The highest BCUT2D eigenvalue weighted by molar-refractivity contribution is 5.83. The van der Waals surface area contributed by atoms with Crippen LogP contribution in [0.25, 0.3) is 0 Å². The number of benzene rings is 1. The molecule has 0 saturated carbocycles. The van der Waals surface area contributed by atoms with E-state index in [2.05, 4.69) is 0 Å². The van der Waals surface area contributed by atoms with Crippen molar-refractivity contribution in [1.82, 2.24) is 4.90 Å². The zero-order chi connectivity index (χ0) is 33.9. The Hall–Kier alpha value is -1.55. The van der Waals surface area contributed by atoms with Crippen LogP contribution in [0.5, 0.6) is 11.5 Å². The van der Waals surface area contributed by atoms with E-state index in [0.29, 0.717) is 0 Å². The summed E-state index contributed by atoms with van der Waals surface area (Å²) in [7, 11) is -2.28. The van der Waals surface area contributed by atoms with Crippen LogP contribution >= 0.6 is 0 Å². The molecule has 4 heteroatoms. The Labute approximate surface area is 166 Å². The number of ether oxygens (including phenoxy) is 2. The first kappa shape index (κ1) is 4.75. The van der Waals surface area contributed by atoms with Crippen molar-refractivity contribution in [3.05, 3.63) is 23.2 Å². The Morgan fingerprint density at radius 3 is 3.13 bits per heavy atom. The van der Waals surface area contributed by atoms with E-state index in [1.54, 1.807) is 0 Å². The van der Waals surface area contributed by atoms with Crippen LogP contribution in [0.4, 0.5) is 0 Å². The Morgan fingerprint density at radius 2 is 2.39 bits per heavy atom. The number of carbonyl (C=O) groups is 1. The van der Waals surface area contributed by atoms with Gasteiger partial charge >= 0.3 is 0 Å². The van der Waals surface area contributed by atoms with Gasteiger partial charge in [-0.2, -0.15) is 0 Å². The molecule has 126 valence electrons. The number of rotatable bonds is 4. The standard InChI is InChI=1S/C19H27NO3/c1-12(2)7-14-11-20-6-5-13-8-18(22-3)19(23-4)9-15(13)16(20)10-17(14)21/h8-9,12,14,16H,5-7,10-11H2,1-4H3/i1D3,2D3,4D3,7D2,8D,9D,10D2,11D2,12D,14D,16D. The SMILES string of the molecule is [2H]c1c2c(c([2H])c(OC([2H])([2H])[2H])c1OC)C1([2H])N(CC2)C([2H])([2H])C([2H])(C([2H])([2H])C([2H])(C([2H])([2H])[2H])C([2H])([2H])[2H])C(=O)C1([2H])[2H]. The lowest BCUT2D eigenvalue weighted by Crippen LogP contribution is -2.46. The molecule has 0 spiro atoms. The summed E-state index contributed by atoms with van der Waals surface area (Å²) < 4.78 is 174. The first-order chi connectivity index (χ1) is 18.9. The highest BCUT2D eigenvalue weighted by Gasteiger charge is 2.38. The van der Waals surface area contributed by atoms with Gasteiger partial charge < -0.3 is 9.47 Å². The Bertz CT molecular complexity index is 1320. The molecule has 0 aromatic heterocycles. The molecule has 23 heavy (non-hydrogen) atoms. The molecule has 0 aliphatic carbocycles. The lowest BCUT2D eigenvalue weighted by molar-refractivity contribution is -0.129. The third-order valence-electron chi connectivity index (χ3n) is 3.37. The van der Waals surface area contributed by atoms with Gasteiger partial charge in [0.15, 0.2) is 11.5 Å². The van der Waals surface area contributed by atoms with Crippen LogP contribution in [0, 0.1) is 11.8 Å². The summed E-state index contributed by atoms with van der Waals surface area (Å²) in [6, 6.07) is -5.26. The molecular weight excluding hydrogens is 290 g/mol. The van der Waals surface area contributed by atoms with Gasteiger partial charge in [-0.05, 0) is 41.9 Å². The van der Waals surface area contributed by atoms with Crippen molar-refractivity contribution >= 4 is 5.78 Å². The van der Waals surface area contributed by atoms with Crippen molar-refractivity contribution in [2.45, 2.75) is 38.9 Å². The molecule has 2 atom stereocenters. The van der Waals surface area contributed by atoms with Crippen molar-refractivity contribution in [2.24, 2.45) is 11.8 Å². The maximum absolute atomic E-state index is 13.9. The number of ketones is 1. The van der Waals surface area contributed by atoms with Gasteiger partial charge in [0.25, 0.3) is 0 Å². The number of carbonyl (C=O) groups excluding carboxylic acids is 1. The molecule has 2 aliphatic heterocycles. The maximum atomic E-state index is 13.9. The molecule has 1 aromatic rings. The summed E-state index contributed by atoms with van der Waals surface area (Å²) in [5, 5.41) is 0. The quantitative estimate of drug-likeness (QED) is 0.845. The number of hydrogen-bond donors (Lipinski definition) is 0. The zero-order valence-electron chi connectivity index (χ0n) is 32.1. The number of fused-ring (bicyclic) bond motifs is 3. The van der Waals surface area contributed by atoms with Crippen molar-refractivity contribution < 1.29 is 41.7 Å². The normalized spacial score (nSPS) is 50.6. The molecule has 0 bridgehead atoms. The molecule has 2 aliphatic rings. The lowest BCUT2D eigenvalue weighted by Gasteiger charge is -2.43. The summed E-state index contributed by atoms with van der Waals surface area (Å²) in [5.74, 6) is -12.8. The summed E-state index contributed by atoms with van der Waals surface area (Å²) >= 11 is 0. The maximum Gasteiger partial charge on any atom is 0.161 e. The van der Waals surface area contributed by atoms with Gasteiger partial charge in [0.1, 0.15) is 5.78 Å². The van der Waals surface area contributed by atoms with Crippen LogP contribution in [0.15, 0.2) is 12.1 Å². The van der Waals surface area contributed by atoms with Crippen molar-refractivity contribution in [1.29, 1.82) is 0 Å². The van der Waals surface area contributed by atoms with E-state index >= 15 is 0 Å². The predicted molar refractivity (Wildman–Crippen MR) is 90.1 cm³/mol. The first-order valence-corrected chi connectivity index (χ1v) is 6.59. The minimum atomic E-state index is -4.51. The monoisotopic (exact) mass is 337 g/mol. The van der Waals surface area contributed by atoms with Crippen LogP contribution in [-0.2, 0) is 11.2 Å². The van der Waals surface area contributed by atoms with Gasteiger partial charge in [0.05, 0.1) is 22.4 Å². The molecule has 2 heterocycles. The fourth-order valence-corrected chi connectivity index (χ4v) is 2.38. The molecule has 0 radical (unpaired) electrons. The molecule has 2 unspecified atom stereocenters. The molecule has 1 fully saturated rings. The first-order valence-electron chi connectivity index (χ1n) is 16.6. The van der Waals surface area contributed by atoms with Gasteiger partial charge in [-0.3, -0.25) is 9.69 Å². The third kappa shape index (κ3) is 3.09. The summed E-state index contributed by atoms with van der Waals surface area (Å²) in [6.45, 7) is -13.1. The summed E-state index contributed by atoms with van der Waals surface area (Å²) in [4.78, 5) is 14.1. The van der Waals surface area contributed by atoms with E-state index in [1.807, 2.05) is 0 Å². The highest BCUT2D eigenvalue weighted by Crippen LogP contribution is 2.42. The van der Waals surface area contributed by atoms with Crippen LogP contribution in [-0.4, -0.2) is 37.9 Å². The molecule has 3 rings (SSSR count). The smallest absolute Gasteiger partial charge is 0.161 e. The van der Waals surface area contributed by atoms with Gasteiger partial charge in [0.2, 0.25) is 0 Å². The van der Waals surface area contributed by atoms with Gasteiger partial charge in [-0.1, -0.05) is 13.7 Å². The molecule has 0 amide bonds. The number of methoxy groups -OCH3 is 2. The molecule has 1 saturated heterocycles. The molecule has 4 nitrogen and oxygen atoms in total. The molecule has 1 aromatic carbocycles. The largest absolute Gasteiger partial charge is 0.493 e. The van der Waals surface area contributed by atoms with Gasteiger partial charge in [0, 0.05) is 50.5 Å². The van der Waals surface area contributed by atoms with Crippen molar-refractivity contribution in [3.63, 3.8) is 0 Å². The van der Waals surface area contributed by atoms with E-state index in [0.717, 1.165) is 7.11 Å². The summed E-state index contributed by atoms with van der Waals surface area (Å²) in [6.07, 6.45) is -9.04. The van der Waals surface area contributed by atoms with E-state index in [9.17, 15) is 6.17 Å². The zero-order valence-corrected chi connectivity index (χ0v) is 12.1. The van der Waals surface area contributed by atoms with Crippen LogP contribution in [0.2, 0.25) is 0 Å². The molecule has 0 N–H and O–H groups in total. The summed E-state index contributed by atoms with van der Waals surface area (Å²) in [5.41, 5.74) is -1.31. The Balaban J connectivity index is 2.48. The average molecular weight is 338 g/mol. The molecular formula is C19H27NO3. The van der Waals surface area contributed by atoms with E-state index in [1.165, 1.54) is 0 Å². The predicted octanol–water partition coefficient (Wildman–Crippen LogP) is 3.24. The fraction of sp³-hybridized carbons (Fsp3) is 0.632. The Kier molecular flexibility index (Phi) is 1.35.